The minimum atomic E-state index is -3.57. The lowest BCUT2D eigenvalue weighted by Crippen LogP contribution is -2.42. The van der Waals surface area contributed by atoms with Crippen molar-refractivity contribution in [3.63, 3.8) is 0 Å². The quantitative estimate of drug-likeness (QED) is 0.785. The van der Waals surface area contributed by atoms with Crippen LogP contribution in [-0.2, 0) is 10.0 Å². The van der Waals surface area contributed by atoms with Crippen molar-refractivity contribution in [3.8, 4) is 0 Å². The highest BCUT2D eigenvalue weighted by atomic mass is 32.2. The van der Waals surface area contributed by atoms with Gasteiger partial charge in [-0.15, -0.1) is 0 Å². The first-order chi connectivity index (χ1) is 9.75. The second-order valence-electron chi connectivity index (χ2n) is 5.93. The Morgan fingerprint density at radius 3 is 2.19 bits per heavy atom. The third-order valence-electron chi connectivity index (χ3n) is 3.70. The predicted molar refractivity (Wildman–Crippen MR) is 88.7 cm³/mol. The lowest BCUT2D eigenvalue weighted by Gasteiger charge is -2.31. The molecule has 0 heterocycles. The summed E-state index contributed by atoms with van der Waals surface area (Å²) >= 11 is 0. The van der Waals surface area contributed by atoms with Gasteiger partial charge in [-0.2, -0.15) is 4.31 Å². The summed E-state index contributed by atoms with van der Waals surface area (Å²) in [7, 11) is -3.57. The van der Waals surface area contributed by atoms with Crippen molar-refractivity contribution in [2.75, 3.05) is 12.3 Å². The number of hydrogen-bond acceptors (Lipinski definition) is 3. The van der Waals surface area contributed by atoms with E-state index in [1.807, 2.05) is 27.7 Å². The minimum Gasteiger partial charge on any atom is -0.398 e. The van der Waals surface area contributed by atoms with Crippen LogP contribution in [0.25, 0.3) is 0 Å². The molecular formula is C16H28N2O2S. The van der Waals surface area contributed by atoms with E-state index in [2.05, 4.69) is 0 Å². The molecule has 0 aliphatic rings. The lowest BCUT2D eigenvalue weighted by molar-refractivity contribution is 0.277. The third-order valence-corrected chi connectivity index (χ3v) is 5.84. The summed E-state index contributed by atoms with van der Waals surface area (Å²) in [5.41, 5.74) is 6.99. The van der Waals surface area contributed by atoms with Crippen LogP contribution in [-0.4, -0.2) is 25.3 Å². The molecule has 120 valence electrons. The van der Waals surface area contributed by atoms with E-state index in [9.17, 15) is 8.42 Å². The number of aryl methyl sites for hydroxylation is 1. The molecule has 0 bridgehead atoms. The van der Waals surface area contributed by atoms with Crippen LogP contribution < -0.4 is 5.73 Å². The first kappa shape index (κ1) is 18.0. The van der Waals surface area contributed by atoms with Crippen LogP contribution in [0, 0.1) is 12.8 Å². The van der Waals surface area contributed by atoms with E-state index in [-0.39, 0.29) is 16.9 Å². The van der Waals surface area contributed by atoms with E-state index in [1.165, 1.54) is 0 Å². The van der Waals surface area contributed by atoms with Gasteiger partial charge in [0, 0.05) is 12.6 Å². The average Bonchev–Trinajstić information content (AvgIpc) is 2.38. The Balaban J connectivity index is 3.40. The molecule has 0 amide bonds. The maximum atomic E-state index is 13.1. The van der Waals surface area contributed by atoms with Gasteiger partial charge >= 0.3 is 0 Å². The lowest BCUT2D eigenvalue weighted by atomic mass is 10.1. The molecule has 2 N–H and O–H groups in total. The number of nitrogens with zero attached hydrogens (tertiary/aromatic N) is 1. The Kier molecular flexibility index (Phi) is 6.23. The first-order valence-electron chi connectivity index (χ1n) is 7.62. The maximum absolute atomic E-state index is 13.1. The number of sulfonamides is 1. The topological polar surface area (TPSA) is 63.4 Å². The normalized spacial score (nSPS) is 12.6. The van der Waals surface area contributed by atoms with E-state index >= 15 is 0 Å². The molecule has 0 atom stereocenters. The molecule has 0 saturated carbocycles. The highest BCUT2D eigenvalue weighted by Gasteiger charge is 2.32. The molecule has 1 rings (SSSR count). The molecule has 0 unspecified atom stereocenters. The molecule has 0 aromatic heterocycles. The maximum Gasteiger partial charge on any atom is 0.245 e. The van der Waals surface area contributed by atoms with E-state index in [4.69, 9.17) is 5.73 Å². The van der Waals surface area contributed by atoms with Crippen molar-refractivity contribution in [2.24, 2.45) is 5.92 Å². The van der Waals surface area contributed by atoms with Gasteiger partial charge in [0.05, 0.1) is 5.69 Å². The number of nitrogens with two attached hydrogens (primary N) is 1. The highest BCUT2D eigenvalue weighted by Crippen LogP contribution is 2.29. The van der Waals surface area contributed by atoms with Crippen LogP contribution in [0.3, 0.4) is 0 Å². The predicted octanol–water partition coefficient (Wildman–Crippen LogP) is 3.41. The summed E-state index contributed by atoms with van der Waals surface area (Å²) in [6, 6.07) is 5.24. The van der Waals surface area contributed by atoms with Crippen LogP contribution in [0.2, 0.25) is 0 Å². The fourth-order valence-corrected chi connectivity index (χ4v) is 4.90. The second kappa shape index (κ2) is 7.27. The van der Waals surface area contributed by atoms with Gasteiger partial charge in [-0.3, -0.25) is 0 Å². The van der Waals surface area contributed by atoms with Gasteiger partial charge in [0.15, 0.2) is 0 Å². The van der Waals surface area contributed by atoms with Gasteiger partial charge in [-0.05, 0) is 37.3 Å². The number of benzene rings is 1. The second-order valence-corrected chi connectivity index (χ2v) is 7.76. The van der Waals surface area contributed by atoms with Gasteiger partial charge in [-0.25, -0.2) is 8.42 Å². The van der Waals surface area contributed by atoms with Crippen molar-refractivity contribution in [1.29, 1.82) is 0 Å². The molecular weight excluding hydrogens is 284 g/mol. The summed E-state index contributed by atoms with van der Waals surface area (Å²) < 4.78 is 27.9. The molecule has 0 radical (unpaired) electrons. The molecule has 0 spiro atoms. The molecule has 0 fully saturated rings. The summed E-state index contributed by atoms with van der Waals surface area (Å²) in [6.07, 6.45) is 1.60. The Morgan fingerprint density at radius 2 is 1.76 bits per heavy atom. The van der Waals surface area contributed by atoms with Crippen molar-refractivity contribution < 1.29 is 8.42 Å². The van der Waals surface area contributed by atoms with E-state index in [0.29, 0.717) is 17.8 Å². The Bertz CT molecular complexity index is 543. The molecule has 0 aliphatic carbocycles. The summed E-state index contributed by atoms with van der Waals surface area (Å²) in [4.78, 5) is 0.262. The molecule has 5 heteroatoms. The number of nitrogen functional groups attached to an aromatic ring is 1. The molecule has 0 saturated heterocycles. The van der Waals surface area contributed by atoms with Crippen molar-refractivity contribution in [1.82, 2.24) is 4.31 Å². The van der Waals surface area contributed by atoms with Gasteiger partial charge in [-0.1, -0.05) is 39.8 Å². The third kappa shape index (κ3) is 3.98. The molecule has 21 heavy (non-hydrogen) atoms. The number of anilines is 1. The van der Waals surface area contributed by atoms with E-state index in [1.54, 1.807) is 29.4 Å². The van der Waals surface area contributed by atoms with Gasteiger partial charge < -0.3 is 5.73 Å². The van der Waals surface area contributed by atoms with Crippen LogP contribution >= 0.6 is 0 Å². The zero-order valence-electron chi connectivity index (χ0n) is 13.8. The van der Waals surface area contributed by atoms with Crippen molar-refractivity contribution >= 4 is 15.7 Å². The number of hydrogen-bond donors (Lipinski definition) is 1. The number of rotatable bonds is 7. The molecule has 0 aliphatic heterocycles. The summed E-state index contributed by atoms with van der Waals surface area (Å²) in [6.45, 7) is 10.4. The Morgan fingerprint density at radius 1 is 1.19 bits per heavy atom. The summed E-state index contributed by atoms with van der Waals surface area (Å²) in [5.74, 6) is 0.269. The van der Waals surface area contributed by atoms with Crippen LogP contribution in [0.4, 0.5) is 5.69 Å². The largest absolute Gasteiger partial charge is 0.398 e. The summed E-state index contributed by atoms with van der Waals surface area (Å²) in [5, 5.41) is 0. The van der Waals surface area contributed by atoms with E-state index in [0.717, 1.165) is 12.8 Å². The minimum absolute atomic E-state index is 0.0106. The SMILES string of the molecule is CCC(CC)N(CC(C)C)S(=O)(=O)c1c(C)cccc1N. The molecule has 1 aromatic carbocycles. The standard InChI is InChI=1S/C16H28N2O2S/c1-6-14(7-2)18(11-12(3)4)21(19,20)16-13(5)9-8-10-15(16)17/h8-10,12,14H,6-7,11,17H2,1-5H3. The molecule has 1 aromatic rings. The first-order valence-corrected chi connectivity index (χ1v) is 9.06. The monoisotopic (exact) mass is 312 g/mol. The fourth-order valence-electron chi connectivity index (χ4n) is 2.64. The highest BCUT2D eigenvalue weighted by molar-refractivity contribution is 7.89. The van der Waals surface area contributed by atoms with Crippen LogP contribution in [0.1, 0.15) is 46.1 Å². The van der Waals surface area contributed by atoms with Gasteiger partial charge in [0.2, 0.25) is 10.0 Å². The van der Waals surface area contributed by atoms with Gasteiger partial charge in [0.25, 0.3) is 0 Å². The molecule has 4 nitrogen and oxygen atoms in total. The van der Waals surface area contributed by atoms with Crippen molar-refractivity contribution in [3.05, 3.63) is 23.8 Å². The van der Waals surface area contributed by atoms with E-state index < -0.39 is 10.0 Å². The Hall–Kier alpha value is -1.07. The average molecular weight is 312 g/mol. The van der Waals surface area contributed by atoms with Crippen LogP contribution in [0.15, 0.2) is 23.1 Å². The van der Waals surface area contributed by atoms with Gasteiger partial charge in [0.1, 0.15) is 4.90 Å². The zero-order valence-corrected chi connectivity index (χ0v) is 14.6. The van der Waals surface area contributed by atoms with Crippen LogP contribution in [0.5, 0.6) is 0 Å². The smallest absolute Gasteiger partial charge is 0.245 e. The fraction of sp³-hybridized carbons (Fsp3) is 0.625. The van der Waals surface area contributed by atoms with Crippen molar-refractivity contribution in [2.45, 2.75) is 58.4 Å². The Labute approximate surface area is 129 Å². The zero-order chi connectivity index (χ0) is 16.2.